The largest absolute Gasteiger partial charge is 0.316 e. The molecule has 1 aromatic heterocycles. The Morgan fingerprint density at radius 1 is 1.23 bits per heavy atom. The highest BCUT2D eigenvalue weighted by atomic mass is 15.1. The van der Waals surface area contributed by atoms with E-state index in [4.69, 9.17) is 9.97 Å². The maximum Gasteiger partial charge on any atom is 0.132 e. The third kappa shape index (κ3) is 3.97. The first-order chi connectivity index (χ1) is 12.7. The van der Waals surface area contributed by atoms with E-state index in [2.05, 4.69) is 54.5 Å². The predicted molar refractivity (Wildman–Crippen MR) is 105 cm³/mol. The SMILES string of the molecule is CC(C)c1ccc(CN2CCc3nc([C@@H]4CCCNC4)ncc3C2)cc1. The van der Waals surface area contributed by atoms with E-state index in [-0.39, 0.29) is 0 Å². The molecule has 1 N–H and O–H groups in total. The third-order valence-electron chi connectivity index (χ3n) is 5.75. The summed E-state index contributed by atoms with van der Waals surface area (Å²) in [5.41, 5.74) is 5.38. The number of rotatable bonds is 4. The molecule has 2 aliphatic rings. The van der Waals surface area contributed by atoms with Gasteiger partial charge in [0, 0.05) is 56.0 Å². The highest BCUT2D eigenvalue weighted by Crippen LogP contribution is 2.24. The number of aromatic nitrogens is 2. The zero-order valence-electron chi connectivity index (χ0n) is 16.0. The molecule has 1 fully saturated rings. The summed E-state index contributed by atoms with van der Waals surface area (Å²) in [6, 6.07) is 9.10. The van der Waals surface area contributed by atoms with E-state index in [0.717, 1.165) is 45.0 Å². The number of fused-ring (bicyclic) bond motifs is 1. The lowest BCUT2D eigenvalue weighted by atomic mass is 9.98. The first-order valence-electron chi connectivity index (χ1n) is 10.1. The van der Waals surface area contributed by atoms with Gasteiger partial charge in [-0.05, 0) is 36.4 Å². The van der Waals surface area contributed by atoms with E-state index in [9.17, 15) is 0 Å². The summed E-state index contributed by atoms with van der Waals surface area (Å²) in [6.07, 6.45) is 5.56. The van der Waals surface area contributed by atoms with Gasteiger partial charge in [-0.1, -0.05) is 38.1 Å². The molecule has 0 aliphatic carbocycles. The van der Waals surface area contributed by atoms with Gasteiger partial charge in [0.2, 0.25) is 0 Å². The number of piperidine rings is 1. The first-order valence-corrected chi connectivity index (χ1v) is 10.1. The lowest BCUT2D eigenvalue weighted by molar-refractivity contribution is 0.242. The molecule has 26 heavy (non-hydrogen) atoms. The molecule has 1 aromatic carbocycles. The van der Waals surface area contributed by atoms with E-state index in [1.54, 1.807) is 0 Å². The quantitative estimate of drug-likeness (QED) is 0.914. The van der Waals surface area contributed by atoms with Crippen LogP contribution in [0.15, 0.2) is 30.5 Å². The zero-order valence-corrected chi connectivity index (χ0v) is 16.0. The topological polar surface area (TPSA) is 41.1 Å². The number of nitrogens with one attached hydrogen (secondary N) is 1. The van der Waals surface area contributed by atoms with E-state index in [1.165, 1.54) is 35.2 Å². The molecule has 4 nitrogen and oxygen atoms in total. The van der Waals surface area contributed by atoms with Gasteiger partial charge in [-0.25, -0.2) is 9.97 Å². The van der Waals surface area contributed by atoms with Crippen LogP contribution >= 0.6 is 0 Å². The number of hydrogen-bond acceptors (Lipinski definition) is 4. The summed E-state index contributed by atoms with van der Waals surface area (Å²) in [6.45, 7) is 9.70. The second-order valence-electron chi connectivity index (χ2n) is 8.10. The minimum Gasteiger partial charge on any atom is -0.316 e. The Morgan fingerprint density at radius 3 is 2.81 bits per heavy atom. The molecule has 0 saturated carbocycles. The minimum atomic E-state index is 0.492. The molecule has 138 valence electrons. The van der Waals surface area contributed by atoms with Crippen molar-refractivity contribution >= 4 is 0 Å². The van der Waals surface area contributed by atoms with Crippen molar-refractivity contribution in [3.05, 3.63) is 58.7 Å². The van der Waals surface area contributed by atoms with Crippen LogP contribution in [-0.4, -0.2) is 34.5 Å². The van der Waals surface area contributed by atoms with Crippen molar-refractivity contribution in [1.82, 2.24) is 20.2 Å². The standard InChI is InChI=1S/C22H30N4/c1-16(2)18-7-5-17(6-8-18)14-26-11-9-21-20(15-26)13-24-22(25-21)19-4-3-10-23-12-19/h5-8,13,16,19,23H,3-4,9-12,14-15H2,1-2H3/t19-/m1/s1. The summed E-state index contributed by atoms with van der Waals surface area (Å²) in [5.74, 6) is 2.14. The van der Waals surface area contributed by atoms with E-state index in [1.807, 2.05) is 0 Å². The number of hydrogen-bond donors (Lipinski definition) is 1. The Labute approximate surface area is 157 Å². The summed E-state index contributed by atoms with van der Waals surface area (Å²) in [7, 11) is 0. The van der Waals surface area contributed by atoms with Crippen LogP contribution in [0.4, 0.5) is 0 Å². The van der Waals surface area contributed by atoms with Gasteiger partial charge in [0.25, 0.3) is 0 Å². The maximum atomic E-state index is 4.93. The summed E-state index contributed by atoms with van der Waals surface area (Å²) >= 11 is 0. The molecule has 2 aliphatic heterocycles. The van der Waals surface area contributed by atoms with Crippen LogP contribution < -0.4 is 5.32 Å². The van der Waals surface area contributed by atoms with Crippen molar-refractivity contribution < 1.29 is 0 Å². The van der Waals surface area contributed by atoms with E-state index < -0.39 is 0 Å². The normalized spacial score (nSPS) is 21.0. The fraction of sp³-hybridized carbons (Fsp3) is 0.545. The Morgan fingerprint density at radius 2 is 2.08 bits per heavy atom. The van der Waals surface area contributed by atoms with Gasteiger partial charge in [0.15, 0.2) is 0 Å². The summed E-state index contributed by atoms with van der Waals surface area (Å²) in [4.78, 5) is 12.2. The Balaban J connectivity index is 1.41. The fourth-order valence-corrected chi connectivity index (χ4v) is 4.06. The van der Waals surface area contributed by atoms with Gasteiger partial charge < -0.3 is 5.32 Å². The van der Waals surface area contributed by atoms with Crippen LogP contribution in [0.25, 0.3) is 0 Å². The molecule has 4 rings (SSSR count). The molecular formula is C22H30N4. The molecule has 0 amide bonds. The van der Waals surface area contributed by atoms with Crippen LogP contribution in [0.5, 0.6) is 0 Å². The maximum absolute atomic E-state index is 4.93. The van der Waals surface area contributed by atoms with Crippen molar-refractivity contribution in [3.8, 4) is 0 Å². The lowest BCUT2D eigenvalue weighted by Crippen LogP contribution is -2.32. The number of benzene rings is 1. The van der Waals surface area contributed by atoms with Gasteiger partial charge in [0.05, 0.1) is 0 Å². The van der Waals surface area contributed by atoms with Gasteiger partial charge in [-0.3, -0.25) is 4.90 Å². The molecule has 0 bridgehead atoms. The lowest BCUT2D eigenvalue weighted by Gasteiger charge is -2.29. The Hall–Kier alpha value is -1.78. The Kier molecular flexibility index (Phi) is 5.32. The van der Waals surface area contributed by atoms with Gasteiger partial charge in [-0.2, -0.15) is 0 Å². The first kappa shape index (κ1) is 17.6. The minimum absolute atomic E-state index is 0.492. The molecule has 0 unspecified atom stereocenters. The summed E-state index contributed by atoms with van der Waals surface area (Å²) < 4.78 is 0. The smallest absolute Gasteiger partial charge is 0.132 e. The van der Waals surface area contributed by atoms with Crippen LogP contribution in [0.1, 0.15) is 66.7 Å². The Bertz CT molecular complexity index is 732. The number of nitrogens with zero attached hydrogens (tertiary/aromatic N) is 3. The van der Waals surface area contributed by atoms with Crippen LogP contribution in [0, 0.1) is 0 Å². The average Bonchev–Trinajstić information content (AvgIpc) is 2.69. The van der Waals surface area contributed by atoms with Crippen molar-refractivity contribution in [2.24, 2.45) is 0 Å². The predicted octanol–water partition coefficient (Wildman–Crippen LogP) is 3.63. The van der Waals surface area contributed by atoms with Crippen LogP contribution in [-0.2, 0) is 19.5 Å². The molecule has 2 aromatic rings. The average molecular weight is 351 g/mol. The van der Waals surface area contributed by atoms with Crippen molar-refractivity contribution in [3.63, 3.8) is 0 Å². The zero-order chi connectivity index (χ0) is 17.9. The molecule has 3 heterocycles. The highest BCUT2D eigenvalue weighted by molar-refractivity contribution is 5.26. The van der Waals surface area contributed by atoms with Crippen molar-refractivity contribution in [2.75, 3.05) is 19.6 Å². The van der Waals surface area contributed by atoms with Gasteiger partial charge in [0.1, 0.15) is 5.82 Å². The monoisotopic (exact) mass is 350 g/mol. The third-order valence-corrected chi connectivity index (χ3v) is 5.75. The van der Waals surface area contributed by atoms with Gasteiger partial charge in [-0.15, -0.1) is 0 Å². The summed E-state index contributed by atoms with van der Waals surface area (Å²) in [5, 5.41) is 3.47. The van der Waals surface area contributed by atoms with Gasteiger partial charge >= 0.3 is 0 Å². The molecule has 0 spiro atoms. The molecule has 0 radical (unpaired) electrons. The molecule has 4 heteroatoms. The van der Waals surface area contributed by atoms with Crippen LogP contribution in [0.3, 0.4) is 0 Å². The second kappa shape index (κ2) is 7.85. The second-order valence-corrected chi connectivity index (χ2v) is 8.10. The highest BCUT2D eigenvalue weighted by Gasteiger charge is 2.22. The van der Waals surface area contributed by atoms with Crippen molar-refractivity contribution in [2.45, 2.75) is 58.0 Å². The van der Waals surface area contributed by atoms with Crippen molar-refractivity contribution in [1.29, 1.82) is 0 Å². The van der Waals surface area contributed by atoms with E-state index in [0.29, 0.717) is 11.8 Å². The van der Waals surface area contributed by atoms with E-state index >= 15 is 0 Å². The molecule has 1 atom stereocenters. The molecular weight excluding hydrogens is 320 g/mol. The fourth-order valence-electron chi connectivity index (χ4n) is 4.06. The van der Waals surface area contributed by atoms with Crippen LogP contribution in [0.2, 0.25) is 0 Å². The molecule has 1 saturated heterocycles.